The fourth-order valence-corrected chi connectivity index (χ4v) is 5.52. The van der Waals surface area contributed by atoms with Crippen molar-refractivity contribution in [2.24, 2.45) is 5.14 Å². The predicted molar refractivity (Wildman–Crippen MR) is 123 cm³/mol. The van der Waals surface area contributed by atoms with E-state index in [2.05, 4.69) is 4.72 Å². The minimum absolute atomic E-state index is 0.0502. The second-order valence-electron chi connectivity index (χ2n) is 7.39. The molecule has 0 amide bonds. The van der Waals surface area contributed by atoms with Gasteiger partial charge >= 0.3 is 0 Å². The summed E-state index contributed by atoms with van der Waals surface area (Å²) in [7, 11) is -8.15. The van der Waals surface area contributed by atoms with Crippen molar-refractivity contribution in [1.29, 1.82) is 0 Å². The SMILES string of the molecule is CCN(CC)C1=C(S(=O)(=O)NCCc2ccc(S(N)(=O)=O)cc2)C(=O)c2ccccc2C1=O. The van der Waals surface area contributed by atoms with Crippen LogP contribution in [-0.2, 0) is 26.5 Å². The first-order valence-corrected chi connectivity index (χ1v) is 13.3. The van der Waals surface area contributed by atoms with Gasteiger partial charge in [0.05, 0.1) is 4.90 Å². The van der Waals surface area contributed by atoms with Gasteiger partial charge in [-0.2, -0.15) is 0 Å². The summed E-state index contributed by atoms with van der Waals surface area (Å²) in [6.45, 7) is 4.19. The van der Waals surface area contributed by atoms with Crippen LogP contribution in [0, 0.1) is 0 Å². The highest BCUT2D eigenvalue weighted by molar-refractivity contribution is 7.94. The number of Topliss-reactive ketones (excluding diaryl/α,β-unsaturated/α-hetero) is 2. The Hall–Kier alpha value is -2.86. The lowest BCUT2D eigenvalue weighted by Crippen LogP contribution is -2.40. The quantitative estimate of drug-likeness (QED) is 0.540. The van der Waals surface area contributed by atoms with Crippen LogP contribution in [0.3, 0.4) is 0 Å². The van der Waals surface area contributed by atoms with Gasteiger partial charge in [-0.3, -0.25) is 9.59 Å². The number of allylic oxidation sites excluding steroid dienone is 2. The zero-order chi connectivity index (χ0) is 24.4. The number of nitrogens with two attached hydrogens (primary N) is 1. The largest absolute Gasteiger partial charge is 0.368 e. The number of carbonyl (C=O) groups excluding carboxylic acids is 2. The molecule has 0 spiro atoms. The van der Waals surface area contributed by atoms with Crippen molar-refractivity contribution in [3.8, 4) is 0 Å². The molecule has 9 nitrogen and oxygen atoms in total. The summed E-state index contributed by atoms with van der Waals surface area (Å²) in [6.07, 6.45) is 0.233. The van der Waals surface area contributed by atoms with Gasteiger partial charge in [0.15, 0.2) is 4.91 Å². The maximum atomic E-state index is 13.2. The molecule has 0 aliphatic heterocycles. The number of benzene rings is 2. The van der Waals surface area contributed by atoms with Crippen LogP contribution in [0.2, 0.25) is 0 Å². The molecule has 1 aliphatic rings. The highest BCUT2D eigenvalue weighted by Crippen LogP contribution is 2.31. The predicted octanol–water partition coefficient (Wildman–Crippen LogP) is 1.43. The van der Waals surface area contributed by atoms with Gasteiger partial charge < -0.3 is 4.90 Å². The molecular formula is C22H25N3O6S2. The molecule has 11 heteroatoms. The Bertz CT molecular complexity index is 1330. The minimum atomic E-state index is -4.32. The maximum Gasteiger partial charge on any atom is 0.246 e. The number of nitrogens with zero attached hydrogens (tertiary/aromatic N) is 1. The molecule has 176 valence electrons. The number of ketones is 2. The van der Waals surface area contributed by atoms with E-state index in [1.165, 1.54) is 36.4 Å². The molecule has 0 saturated heterocycles. The fraction of sp³-hybridized carbons (Fsp3) is 0.273. The van der Waals surface area contributed by atoms with Crippen molar-refractivity contribution in [1.82, 2.24) is 9.62 Å². The van der Waals surface area contributed by atoms with Crippen LogP contribution in [-0.4, -0.2) is 52.9 Å². The smallest absolute Gasteiger partial charge is 0.246 e. The third-order valence-corrected chi connectivity index (χ3v) is 7.79. The Morgan fingerprint density at radius 3 is 1.91 bits per heavy atom. The van der Waals surface area contributed by atoms with Crippen LogP contribution >= 0.6 is 0 Å². The van der Waals surface area contributed by atoms with E-state index in [-0.39, 0.29) is 34.7 Å². The van der Waals surface area contributed by atoms with E-state index >= 15 is 0 Å². The molecule has 1 aliphatic carbocycles. The molecule has 3 rings (SSSR count). The molecule has 0 atom stereocenters. The van der Waals surface area contributed by atoms with E-state index in [0.717, 1.165) is 0 Å². The lowest BCUT2D eigenvalue weighted by molar-refractivity contribution is 0.0949. The minimum Gasteiger partial charge on any atom is -0.368 e. The van der Waals surface area contributed by atoms with E-state index in [1.807, 2.05) is 0 Å². The Labute approximate surface area is 193 Å². The number of carbonyl (C=O) groups is 2. The number of likely N-dealkylation sites (N-methyl/N-ethyl adjacent to an activating group) is 1. The first-order chi connectivity index (χ1) is 15.5. The van der Waals surface area contributed by atoms with Crippen molar-refractivity contribution < 1.29 is 26.4 Å². The van der Waals surface area contributed by atoms with E-state index in [4.69, 9.17) is 5.14 Å². The summed E-state index contributed by atoms with van der Waals surface area (Å²) in [5.41, 5.74) is 0.767. The van der Waals surface area contributed by atoms with Crippen molar-refractivity contribution in [2.45, 2.75) is 25.2 Å². The van der Waals surface area contributed by atoms with Crippen LogP contribution in [0.4, 0.5) is 0 Å². The van der Waals surface area contributed by atoms with Gasteiger partial charge in [0.2, 0.25) is 31.6 Å². The standard InChI is InChI=1S/C22H25N3O6S2/c1-3-25(4-2)19-20(26)17-7-5-6-8-18(17)21(27)22(19)33(30,31)24-14-13-15-9-11-16(12-10-15)32(23,28)29/h5-12,24H,3-4,13-14H2,1-2H3,(H2,23,28,29). The average Bonchev–Trinajstić information content (AvgIpc) is 2.77. The number of hydrogen-bond donors (Lipinski definition) is 2. The van der Waals surface area contributed by atoms with Gasteiger partial charge in [-0.25, -0.2) is 26.7 Å². The molecule has 0 saturated carbocycles. The first-order valence-electron chi connectivity index (χ1n) is 10.3. The lowest BCUT2D eigenvalue weighted by Gasteiger charge is -2.29. The summed E-state index contributed by atoms with van der Waals surface area (Å²) in [6, 6.07) is 11.9. The van der Waals surface area contributed by atoms with Gasteiger partial charge in [0, 0.05) is 30.8 Å². The third kappa shape index (κ3) is 5.06. The molecule has 0 heterocycles. The molecule has 0 radical (unpaired) electrons. The van der Waals surface area contributed by atoms with E-state index < -0.39 is 36.5 Å². The second kappa shape index (κ2) is 9.56. The van der Waals surface area contributed by atoms with Crippen molar-refractivity contribution >= 4 is 31.6 Å². The molecule has 3 N–H and O–H groups in total. The van der Waals surface area contributed by atoms with Crippen LogP contribution in [0.5, 0.6) is 0 Å². The molecule has 0 unspecified atom stereocenters. The Kier molecular flexibility index (Phi) is 7.17. The van der Waals surface area contributed by atoms with Crippen LogP contribution in [0.1, 0.15) is 40.1 Å². The number of primary sulfonamides is 1. The van der Waals surface area contributed by atoms with Gasteiger partial charge in [0.1, 0.15) is 5.70 Å². The van der Waals surface area contributed by atoms with Crippen LogP contribution in [0.25, 0.3) is 0 Å². The Morgan fingerprint density at radius 1 is 0.848 bits per heavy atom. The molecule has 2 aromatic carbocycles. The topological polar surface area (TPSA) is 144 Å². The van der Waals surface area contributed by atoms with Crippen molar-refractivity contribution in [3.05, 3.63) is 75.8 Å². The fourth-order valence-electron chi connectivity index (χ4n) is 3.66. The first kappa shape index (κ1) is 24.8. The molecule has 0 fully saturated rings. The van der Waals surface area contributed by atoms with Crippen LogP contribution in [0.15, 0.2) is 64.0 Å². The number of rotatable bonds is 9. The normalized spacial score (nSPS) is 14.4. The van der Waals surface area contributed by atoms with Gasteiger partial charge in [-0.1, -0.05) is 36.4 Å². The summed E-state index contributed by atoms with van der Waals surface area (Å²) in [5.74, 6) is -1.23. The summed E-state index contributed by atoms with van der Waals surface area (Å²) < 4.78 is 51.6. The average molecular weight is 492 g/mol. The lowest BCUT2D eigenvalue weighted by atomic mass is 9.92. The number of sulfonamides is 2. The molecule has 0 aromatic heterocycles. The van der Waals surface area contributed by atoms with Crippen molar-refractivity contribution in [3.63, 3.8) is 0 Å². The highest BCUT2D eigenvalue weighted by atomic mass is 32.2. The Balaban J connectivity index is 1.91. The van der Waals surface area contributed by atoms with E-state index in [9.17, 15) is 26.4 Å². The highest BCUT2D eigenvalue weighted by Gasteiger charge is 2.40. The monoisotopic (exact) mass is 491 g/mol. The summed E-state index contributed by atoms with van der Waals surface area (Å²) in [5, 5.41) is 5.08. The van der Waals surface area contributed by atoms with Gasteiger partial charge in [-0.05, 0) is 38.0 Å². The summed E-state index contributed by atoms with van der Waals surface area (Å²) in [4.78, 5) is 27.3. The number of fused-ring (bicyclic) bond motifs is 1. The maximum absolute atomic E-state index is 13.2. The number of nitrogens with one attached hydrogen (secondary N) is 1. The third-order valence-electron chi connectivity index (χ3n) is 5.36. The molecule has 33 heavy (non-hydrogen) atoms. The second-order valence-corrected chi connectivity index (χ2v) is 10.7. The zero-order valence-electron chi connectivity index (χ0n) is 18.2. The van der Waals surface area contributed by atoms with Gasteiger partial charge in [-0.15, -0.1) is 0 Å². The number of hydrogen-bond acceptors (Lipinski definition) is 7. The zero-order valence-corrected chi connectivity index (χ0v) is 19.9. The van der Waals surface area contributed by atoms with Gasteiger partial charge in [0.25, 0.3) is 0 Å². The summed E-state index contributed by atoms with van der Waals surface area (Å²) >= 11 is 0. The Morgan fingerprint density at radius 2 is 1.39 bits per heavy atom. The van der Waals surface area contributed by atoms with E-state index in [1.54, 1.807) is 30.9 Å². The molecule has 0 bridgehead atoms. The molecular weight excluding hydrogens is 466 g/mol. The van der Waals surface area contributed by atoms with Crippen molar-refractivity contribution in [2.75, 3.05) is 19.6 Å². The van der Waals surface area contributed by atoms with Crippen LogP contribution < -0.4 is 9.86 Å². The van der Waals surface area contributed by atoms with E-state index in [0.29, 0.717) is 18.7 Å². The molecule has 2 aromatic rings.